The third-order valence-corrected chi connectivity index (χ3v) is 4.83. The van der Waals surface area contributed by atoms with Crippen molar-refractivity contribution in [1.82, 2.24) is 19.7 Å². The number of aromatic nitrogens is 4. The Balaban J connectivity index is 2.23. The van der Waals surface area contributed by atoms with Crippen LogP contribution >= 0.6 is 0 Å². The van der Waals surface area contributed by atoms with Gasteiger partial charge < -0.3 is 4.90 Å². The molecule has 9 heteroatoms. The van der Waals surface area contributed by atoms with Crippen LogP contribution in [-0.2, 0) is 12.6 Å². The van der Waals surface area contributed by atoms with Crippen molar-refractivity contribution in [1.29, 1.82) is 0 Å². The van der Waals surface area contributed by atoms with Crippen molar-refractivity contribution < 1.29 is 13.2 Å². The van der Waals surface area contributed by atoms with Crippen molar-refractivity contribution in [2.45, 2.75) is 39.4 Å². The Morgan fingerprint density at radius 2 is 1.83 bits per heavy atom. The second-order valence-corrected chi connectivity index (χ2v) is 7.71. The topological polar surface area (TPSA) is 66.8 Å². The fourth-order valence-electron chi connectivity index (χ4n) is 3.38. The van der Waals surface area contributed by atoms with Crippen LogP contribution in [0.25, 0.3) is 11.0 Å². The van der Waals surface area contributed by atoms with Gasteiger partial charge in [0.2, 0.25) is 5.95 Å². The van der Waals surface area contributed by atoms with Crippen LogP contribution in [0.2, 0.25) is 0 Å². The van der Waals surface area contributed by atoms with E-state index in [-0.39, 0.29) is 28.2 Å². The lowest BCUT2D eigenvalue weighted by Gasteiger charge is -2.23. The molecule has 6 nitrogen and oxygen atoms in total. The monoisotopic (exact) mass is 407 g/mol. The number of hydrogen-bond donors (Lipinski definition) is 1. The Hall–Kier alpha value is -2.84. The normalized spacial score (nSPS) is 13.3. The van der Waals surface area contributed by atoms with E-state index in [9.17, 15) is 18.0 Å². The van der Waals surface area contributed by atoms with Crippen molar-refractivity contribution >= 4 is 17.0 Å². The van der Waals surface area contributed by atoms with Crippen LogP contribution in [0.1, 0.15) is 43.6 Å². The maximum atomic E-state index is 13.6. The lowest BCUT2D eigenvalue weighted by atomic mass is 9.94. The third-order valence-electron chi connectivity index (χ3n) is 4.83. The van der Waals surface area contributed by atoms with Crippen LogP contribution in [0.5, 0.6) is 0 Å². The average Bonchev–Trinajstić information content (AvgIpc) is 3.00. The van der Waals surface area contributed by atoms with Gasteiger partial charge in [-0.1, -0.05) is 38.1 Å². The number of hydrogen-bond acceptors (Lipinski definition) is 4. The van der Waals surface area contributed by atoms with E-state index in [1.807, 2.05) is 13.8 Å². The molecular weight excluding hydrogens is 383 g/mol. The first-order valence-electron chi connectivity index (χ1n) is 9.27. The molecule has 1 atom stereocenters. The summed E-state index contributed by atoms with van der Waals surface area (Å²) in [5, 5.41) is 4.43. The number of halogens is 3. The molecule has 29 heavy (non-hydrogen) atoms. The maximum Gasteiger partial charge on any atom is 0.270 e. The zero-order chi connectivity index (χ0) is 21.5. The molecule has 3 aromatic rings. The van der Waals surface area contributed by atoms with Crippen LogP contribution in [-0.4, -0.2) is 33.8 Å². The number of anilines is 1. The number of alkyl halides is 3. The van der Waals surface area contributed by atoms with Gasteiger partial charge in [-0.15, -0.1) is 0 Å². The van der Waals surface area contributed by atoms with E-state index in [2.05, 4.69) is 15.1 Å². The van der Waals surface area contributed by atoms with Gasteiger partial charge in [0, 0.05) is 26.6 Å². The van der Waals surface area contributed by atoms with E-state index in [4.69, 9.17) is 0 Å². The number of nitrogens with one attached hydrogen (secondary N) is 1. The van der Waals surface area contributed by atoms with E-state index in [0.29, 0.717) is 5.95 Å². The summed E-state index contributed by atoms with van der Waals surface area (Å²) >= 11 is 0. The van der Waals surface area contributed by atoms with E-state index in [1.165, 1.54) is 16.8 Å². The Kier molecular flexibility index (Phi) is 5.42. The highest BCUT2D eigenvalue weighted by atomic mass is 19.3. The molecule has 0 saturated carbocycles. The number of benzene rings is 1. The molecule has 0 radical (unpaired) electrons. The fourth-order valence-corrected chi connectivity index (χ4v) is 3.38. The van der Waals surface area contributed by atoms with Crippen LogP contribution in [0.3, 0.4) is 0 Å². The second-order valence-electron chi connectivity index (χ2n) is 7.71. The van der Waals surface area contributed by atoms with E-state index in [1.54, 1.807) is 31.1 Å². The zero-order valence-corrected chi connectivity index (χ0v) is 17.0. The first-order chi connectivity index (χ1) is 13.5. The molecule has 0 amide bonds. The molecule has 0 bridgehead atoms. The largest absolute Gasteiger partial charge is 0.348 e. The quantitative estimate of drug-likeness (QED) is 0.670. The summed E-state index contributed by atoms with van der Waals surface area (Å²) in [6.07, 6.45) is 0. The standard InChI is InChI=1S/C20H24F3N5O/c1-11(2)16(12-6-8-13(9-7-12)20(3,22)23)28-17-15(14(10-21)26-28)18(29)25-19(24-17)27(4)5/h6-9,11,16H,10H2,1-5H3,(H,24,25,29)/t16-/m1/s1. The number of rotatable bonds is 6. The molecule has 0 fully saturated rings. The molecule has 0 unspecified atom stereocenters. The van der Waals surface area contributed by atoms with Crippen LogP contribution in [0, 0.1) is 5.92 Å². The van der Waals surface area contributed by atoms with E-state index >= 15 is 0 Å². The van der Waals surface area contributed by atoms with Gasteiger partial charge >= 0.3 is 0 Å². The molecule has 2 heterocycles. The van der Waals surface area contributed by atoms with Crippen LogP contribution in [0.15, 0.2) is 29.1 Å². The molecule has 0 saturated heterocycles. The average molecular weight is 407 g/mol. The zero-order valence-electron chi connectivity index (χ0n) is 17.0. The molecular formula is C20H24F3N5O. The summed E-state index contributed by atoms with van der Waals surface area (Å²) in [6.45, 7) is 3.81. The molecule has 3 rings (SSSR count). The molecule has 1 N–H and O–H groups in total. The molecule has 0 aliphatic rings. The number of aromatic amines is 1. The minimum absolute atomic E-state index is 0.00131. The van der Waals surface area contributed by atoms with Crippen molar-refractivity contribution in [2.24, 2.45) is 5.92 Å². The van der Waals surface area contributed by atoms with E-state index in [0.717, 1.165) is 12.5 Å². The molecule has 0 aliphatic carbocycles. The van der Waals surface area contributed by atoms with Gasteiger partial charge in [-0.2, -0.15) is 10.1 Å². The summed E-state index contributed by atoms with van der Waals surface area (Å²) in [6, 6.07) is 5.55. The smallest absolute Gasteiger partial charge is 0.270 e. The lowest BCUT2D eigenvalue weighted by molar-refractivity contribution is 0.0174. The summed E-state index contributed by atoms with van der Waals surface area (Å²) in [5.41, 5.74) is 0.412. The van der Waals surface area contributed by atoms with Gasteiger partial charge in [-0.25, -0.2) is 17.9 Å². The Morgan fingerprint density at radius 1 is 1.21 bits per heavy atom. The van der Waals surface area contributed by atoms with Crippen molar-refractivity contribution in [2.75, 3.05) is 19.0 Å². The summed E-state index contributed by atoms with van der Waals surface area (Å²) in [4.78, 5) is 21.3. The van der Waals surface area contributed by atoms with Crippen molar-refractivity contribution in [3.63, 3.8) is 0 Å². The summed E-state index contributed by atoms with van der Waals surface area (Å²) < 4.78 is 42.3. The minimum atomic E-state index is -2.94. The van der Waals surface area contributed by atoms with Gasteiger partial charge in [0.05, 0.1) is 6.04 Å². The van der Waals surface area contributed by atoms with Crippen molar-refractivity contribution in [3.8, 4) is 0 Å². The molecule has 156 valence electrons. The van der Waals surface area contributed by atoms with E-state index < -0.39 is 24.2 Å². The number of fused-ring (bicyclic) bond motifs is 1. The summed E-state index contributed by atoms with van der Waals surface area (Å²) in [7, 11) is 3.45. The Bertz CT molecular complexity index is 1060. The molecule has 0 aliphatic heterocycles. The number of H-pyrrole nitrogens is 1. The Labute approximate surface area is 166 Å². The molecule has 0 spiro atoms. The highest BCUT2D eigenvalue weighted by Crippen LogP contribution is 2.33. The van der Waals surface area contributed by atoms with Gasteiger partial charge in [0.25, 0.3) is 11.5 Å². The number of nitrogens with zero attached hydrogens (tertiary/aromatic N) is 4. The van der Waals surface area contributed by atoms with Crippen LogP contribution in [0.4, 0.5) is 19.1 Å². The first kappa shape index (κ1) is 20.9. The minimum Gasteiger partial charge on any atom is -0.348 e. The summed E-state index contributed by atoms with van der Waals surface area (Å²) in [5.74, 6) is -2.65. The highest BCUT2D eigenvalue weighted by Gasteiger charge is 2.28. The SMILES string of the molecule is CC(C)[C@H](c1ccc(C(C)(F)F)cc1)n1nc(CF)c2c(=O)[nH]c(N(C)C)nc21. The first-order valence-corrected chi connectivity index (χ1v) is 9.27. The van der Waals surface area contributed by atoms with Crippen molar-refractivity contribution in [3.05, 3.63) is 51.4 Å². The fraction of sp³-hybridized carbons (Fsp3) is 0.450. The predicted octanol–water partition coefficient (Wildman–Crippen LogP) is 4.01. The second kappa shape index (κ2) is 7.53. The molecule has 1 aromatic carbocycles. The van der Waals surface area contributed by atoms with Gasteiger partial charge in [-0.3, -0.25) is 9.78 Å². The Morgan fingerprint density at radius 3 is 2.31 bits per heavy atom. The predicted molar refractivity (Wildman–Crippen MR) is 106 cm³/mol. The van der Waals surface area contributed by atoms with Gasteiger partial charge in [0.15, 0.2) is 5.65 Å². The third kappa shape index (κ3) is 3.86. The highest BCUT2D eigenvalue weighted by molar-refractivity contribution is 5.78. The lowest BCUT2D eigenvalue weighted by Crippen LogP contribution is -2.22. The molecule has 2 aromatic heterocycles. The van der Waals surface area contributed by atoms with Gasteiger partial charge in [0.1, 0.15) is 17.8 Å². The van der Waals surface area contributed by atoms with Crippen LogP contribution < -0.4 is 10.5 Å². The maximum absolute atomic E-state index is 13.6. The van der Waals surface area contributed by atoms with Gasteiger partial charge in [-0.05, 0) is 11.5 Å².